The van der Waals surface area contributed by atoms with Crippen LogP contribution in [0.2, 0.25) is 0 Å². The van der Waals surface area contributed by atoms with Crippen molar-refractivity contribution in [2.45, 2.75) is 6.92 Å². The van der Waals surface area contributed by atoms with Gasteiger partial charge in [0.05, 0.1) is 0 Å². The van der Waals surface area contributed by atoms with Crippen molar-refractivity contribution in [1.82, 2.24) is 4.90 Å². The molecule has 0 aliphatic heterocycles. The molecule has 0 radical (unpaired) electrons. The Labute approximate surface area is 58.2 Å². The maximum absolute atomic E-state index is 10.1. The molecule has 1 N–H and O–H groups in total. The number of hydrogen-bond acceptors (Lipinski definition) is 3. The summed E-state index contributed by atoms with van der Waals surface area (Å²) in [7, 11) is 3.45. The fraction of sp³-hybridized carbons (Fsp3) is 0.750. The molecule has 60 valence electrons. The van der Waals surface area contributed by atoms with Crippen LogP contribution in [0, 0.1) is 10.1 Å². The summed E-state index contributed by atoms with van der Waals surface area (Å²) in [6, 6.07) is 0. The summed E-state index contributed by atoms with van der Waals surface area (Å²) in [6.45, 7) is 1.53. The fourth-order valence-electron chi connectivity index (χ4n) is 0. The number of carbonyl (C=O) groups is 1. The minimum absolute atomic E-state index is 0.0926. The Hall–Kier alpha value is -1.33. The molecule has 6 nitrogen and oxygen atoms in total. The standard InChI is InChI=1S/C4H9NO.HNO3/c1-4(6)5(2)3;2-1(3)4/h1-3H3;(H,2,3,4). The highest BCUT2D eigenvalue weighted by molar-refractivity contribution is 5.72. The first-order chi connectivity index (χ1) is 4.37. The van der Waals surface area contributed by atoms with Crippen LogP contribution in [0.4, 0.5) is 0 Å². The van der Waals surface area contributed by atoms with Gasteiger partial charge in [-0.1, -0.05) is 0 Å². The first kappa shape index (κ1) is 11.5. The SMILES string of the molecule is CC(=O)N(C)C.O=[N+]([O-])O. The van der Waals surface area contributed by atoms with Crippen molar-refractivity contribution >= 4 is 5.91 Å². The van der Waals surface area contributed by atoms with E-state index in [-0.39, 0.29) is 5.91 Å². The number of hydrogen-bond donors (Lipinski definition) is 1. The zero-order valence-corrected chi connectivity index (χ0v) is 6.07. The highest BCUT2D eigenvalue weighted by atomic mass is 16.9. The molecular formula is C4H10N2O4. The normalized spacial score (nSPS) is 7.10. The molecule has 0 atom stereocenters. The lowest BCUT2D eigenvalue weighted by Crippen LogP contribution is -2.17. The Morgan fingerprint density at radius 3 is 1.70 bits per heavy atom. The van der Waals surface area contributed by atoms with Gasteiger partial charge < -0.3 is 10.1 Å². The molecule has 0 unspecified atom stereocenters. The molecule has 0 aliphatic carbocycles. The molecule has 0 saturated heterocycles. The van der Waals surface area contributed by atoms with Gasteiger partial charge in [0.15, 0.2) is 0 Å². The van der Waals surface area contributed by atoms with E-state index in [9.17, 15) is 4.79 Å². The first-order valence-corrected chi connectivity index (χ1v) is 2.39. The highest BCUT2D eigenvalue weighted by Gasteiger charge is 1.87. The summed E-state index contributed by atoms with van der Waals surface area (Å²) < 4.78 is 0. The van der Waals surface area contributed by atoms with Gasteiger partial charge in [-0.15, -0.1) is 10.1 Å². The van der Waals surface area contributed by atoms with Gasteiger partial charge in [0.1, 0.15) is 0 Å². The van der Waals surface area contributed by atoms with Crippen molar-refractivity contribution in [2.75, 3.05) is 14.1 Å². The lowest BCUT2D eigenvalue weighted by molar-refractivity contribution is -0.742. The Balaban J connectivity index is 0. The van der Waals surface area contributed by atoms with Gasteiger partial charge in [0, 0.05) is 21.0 Å². The molecule has 0 fully saturated rings. The van der Waals surface area contributed by atoms with Crippen LogP contribution in [-0.2, 0) is 4.79 Å². The summed E-state index contributed by atoms with van der Waals surface area (Å²) in [5.41, 5.74) is 0. The van der Waals surface area contributed by atoms with Crippen LogP contribution < -0.4 is 0 Å². The minimum Gasteiger partial charge on any atom is -0.349 e. The van der Waals surface area contributed by atoms with Crippen LogP contribution in [0.25, 0.3) is 0 Å². The minimum atomic E-state index is -1.50. The summed E-state index contributed by atoms with van der Waals surface area (Å²) in [5.74, 6) is 0.0926. The predicted molar refractivity (Wildman–Crippen MR) is 33.1 cm³/mol. The topological polar surface area (TPSA) is 83.7 Å². The molecule has 0 bridgehead atoms. The van der Waals surface area contributed by atoms with E-state index in [0.717, 1.165) is 0 Å². The van der Waals surface area contributed by atoms with Crippen molar-refractivity contribution in [2.24, 2.45) is 0 Å². The summed E-state index contributed by atoms with van der Waals surface area (Å²) in [4.78, 5) is 20.0. The monoisotopic (exact) mass is 150 g/mol. The molecule has 0 aromatic carbocycles. The molecule has 0 heterocycles. The smallest absolute Gasteiger partial charge is 0.291 e. The molecule has 0 aromatic heterocycles. The Bertz CT molecular complexity index is 118. The second-order valence-electron chi connectivity index (χ2n) is 1.65. The van der Waals surface area contributed by atoms with Gasteiger partial charge in [-0.2, -0.15) is 0 Å². The van der Waals surface area contributed by atoms with E-state index in [1.807, 2.05) is 0 Å². The van der Waals surface area contributed by atoms with Gasteiger partial charge in [-0.05, 0) is 0 Å². The average Bonchev–Trinajstić information content (AvgIpc) is 1.63. The van der Waals surface area contributed by atoms with E-state index in [1.165, 1.54) is 11.8 Å². The summed E-state index contributed by atoms with van der Waals surface area (Å²) in [6.07, 6.45) is 0. The molecule has 0 aliphatic rings. The molecular weight excluding hydrogens is 140 g/mol. The van der Waals surface area contributed by atoms with Crippen molar-refractivity contribution in [3.63, 3.8) is 0 Å². The van der Waals surface area contributed by atoms with Crippen LogP contribution in [0.15, 0.2) is 0 Å². The fourth-order valence-corrected chi connectivity index (χ4v) is 0. The van der Waals surface area contributed by atoms with E-state index in [4.69, 9.17) is 15.3 Å². The molecule has 6 heteroatoms. The van der Waals surface area contributed by atoms with E-state index in [0.29, 0.717) is 0 Å². The van der Waals surface area contributed by atoms with E-state index < -0.39 is 5.09 Å². The van der Waals surface area contributed by atoms with Crippen molar-refractivity contribution in [1.29, 1.82) is 0 Å². The largest absolute Gasteiger partial charge is 0.349 e. The summed E-state index contributed by atoms with van der Waals surface area (Å²) >= 11 is 0. The molecule has 10 heavy (non-hydrogen) atoms. The zero-order chi connectivity index (χ0) is 8.73. The van der Waals surface area contributed by atoms with Gasteiger partial charge in [0.25, 0.3) is 5.09 Å². The number of nitrogens with zero attached hydrogens (tertiary/aromatic N) is 2. The van der Waals surface area contributed by atoms with Crippen LogP contribution in [-0.4, -0.2) is 35.2 Å². The molecule has 1 amide bonds. The predicted octanol–water partition coefficient (Wildman–Crippen LogP) is -0.253. The molecule has 0 aromatic rings. The molecule has 0 saturated carbocycles. The molecule has 0 spiro atoms. The Morgan fingerprint density at radius 2 is 1.70 bits per heavy atom. The lowest BCUT2D eigenvalue weighted by Gasteiger charge is -2.02. The van der Waals surface area contributed by atoms with Crippen LogP contribution in [0.1, 0.15) is 6.92 Å². The highest BCUT2D eigenvalue weighted by Crippen LogP contribution is 1.69. The van der Waals surface area contributed by atoms with Crippen molar-refractivity contribution in [3.8, 4) is 0 Å². The second kappa shape index (κ2) is 5.80. The summed E-state index contributed by atoms with van der Waals surface area (Å²) in [5, 5.41) is 13.6. The Morgan fingerprint density at radius 1 is 1.60 bits per heavy atom. The number of rotatable bonds is 0. The average molecular weight is 150 g/mol. The second-order valence-corrected chi connectivity index (χ2v) is 1.65. The van der Waals surface area contributed by atoms with E-state index >= 15 is 0 Å². The molecule has 0 rings (SSSR count). The first-order valence-electron chi connectivity index (χ1n) is 2.39. The van der Waals surface area contributed by atoms with E-state index in [1.54, 1.807) is 14.1 Å². The number of carbonyl (C=O) groups excluding carboxylic acids is 1. The zero-order valence-electron chi connectivity index (χ0n) is 6.07. The maximum Gasteiger partial charge on any atom is 0.291 e. The quantitative estimate of drug-likeness (QED) is 0.381. The third-order valence-corrected chi connectivity index (χ3v) is 0.630. The lowest BCUT2D eigenvalue weighted by atomic mass is 10.7. The van der Waals surface area contributed by atoms with Gasteiger partial charge in [0.2, 0.25) is 5.91 Å². The third-order valence-electron chi connectivity index (χ3n) is 0.630. The Kier molecular flexibility index (Phi) is 6.65. The van der Waals surface area contributed by atoms with Gasteiger partial charge in [-0.3, -0.25) is 4.79 Å². The van der Waals surface area contributed by atoms with E-state index in [2.05, 4.69) is 0 Å². The van der Waals surface area contributed by atoms with Crippen molar-refractivity contribution in [3.05, 3.63) is 10.1 Å². The number of amides is 1. The van der Waals surface area contributed by atoms with Crippen molar-refractivity contribution < 1.29 is 15.1 Å². The van der Waals surface area contributed by atoms with Crippen LogP contribution in [0.5, 0.6) is 0 Å². The van der Waals surface area contributed by atoms with Crippen LogP contribution >= 0.6 is 0 Å². The van der Waals surface area contributed by atoms with Gasteiger partial charge >= 0.3 is 0 Å². The van der Waals surface area contributed by atoms with Crippen LogP contribution in [0.3, 0.4) is 0 Å². The maximum atomic E-state index is 10.1. The van der Waals surface area contributed by atoms with Gasteiger partial charge in [-0.25, -0.2) is 0 Å². The third kappa shape index (κ3) is 30.1.